The van der Waals surface area contributed by atoms with E-state index in [0.717, 1.165) is 37.0 Å². The molecule has 1 aromatic rings. The number of anilines is 1. The summed E-state index contributed by atoms with van der Waals surface area (Å²) in [5.41, 5.74) is -0.117. The third kappa shape index (κ3) is 2.70. The van der Waals surface area contributed by atoms with Gasteiger partial charge >= 0.3 is 5.69 Å². The van der Waals surface area contributed by atoms with Crippen molar-refractivity contribution in [2.24, 2.45) is 0 Å². The van der Waals surface area contributed by atoms with Crippen molar-refractivity contribution in [2.45, 2.75) is 45.2 Å². The van der Waals surface area contributed by atoms with Crippen LogP contribution in [0.3, 0.4) is 0 Å². The number of rotatable bonds is 3. The van der Waals surface area contributed by atoms with Gasteiger partial charge in [0, 0.05) is 18.7 Å². The second-order valence-corrected chi connectivity index (χ2v) is 7.88. The van der Waals surface area contributed by atoms with Crippen LogP contribution in [-0.4, -0.2) is 45.7 Å². The zero-order valence-electron chi connectivity index (χ0n) is 14.6. The highest BCUT2D eigenvalue weighted by molar-refractivity contribution is 5.58. The lowest BCUT2D eigenvalue weighted by Gasteiger charge is -2.52. The van der Waals surface area contributed by atoms with E-state index in [4.69, 9.17) is 0 Å². The maximum atomic E-state index is 12.4. The topological polar surface area (TPSA) is 77.2 Å². The number of piperidine rings is 1. The van der Waals surface area contributed by atoms with Gasteiger partial charge in [-0.05, 0) is 40.0 Å². The minimum atomic E-state index is -0.426. The summed E-state index contributed by atoms with van der Waals surface area (Å²) < 4.78 is 2.53. The van der Waals surface area contributed by atoms with E-state index >= 15 is 0 Å². The van der Waals surface area contributed by atoms with E-state index in [1.807, 2.05) is 0 Å². The van der Waals surface area contributed by atoms with Crippen LogP contribution >= 0.6 is 0 Å². The maximum absolute atomic E-state index is 12.4. The van der Waals surface area contributed by atoms with E-state index in [-0.39, 0.29) is 22.8 Å². The van der Waals surface area contributed by atoms with E-state index in [9.17, 15) is 14.9 Å². The lowest BCUT2D eigenvalue weighted by atomic mass is 9.94. The number of nitrogens with one attached hydrogen (secondary N) is 1. The number of nitrogens with zero attached hydrogens (tertiary/aromatic N) is 3. The lowest BCUT2D eigenvalue weighted by Crippen LogP contribution is -2.64. The van der Waals surface area contributed by atoms with Gasteiger partial charge in [-0.3, -0.25) is 19.5 Å². The quantitative estimate of drug-likeness (QED) is 0.523. The molecule has 2 aliphatic rings. The number of pyridine rings is 1. The molecular formula is C17H26N4O3+. The summed E-state index contributed by atoms with van der Waals surface area (Å²) in [6, 6.07) is 2.56. The molecule has 0 spiro atoms. The highest BCUT2D eigenvalue weighted by atomic mass is 16.6. The molecule has 0 bridgehead atoms. The van der Waals surface area contributed by atoms with Crippen LogP contribution in [-0.2, 0) is 0 Å². The van der Waals surface area contributed by atoms with Gasteiger partial charge < -0.3 is 9.80 Å². The number of nitro groups is 1. The molecule has 24 heavy (non-hydrogen) atoms. The predicted octanol–water partition coefficient (Wildman–Crippen LogP) is 2.34. The average molecular weight is 334 g/mol. The van der Waals surface area contributed by atoms with Crippen molar-refractivity contribution in [3.05, 3.63) is 39.0 Å². The van der Waals surface area contributed by atoms with Gasteiger partial charge in [-0.2, -0.15) is 0 Å². The minimum absolute atomic E-state index is 0.0219. The van der Waals surface area contributed by atoms with E-state index in [1.165, 1.54) is 12.1 Å². The molecule has 3 heterocycles. The van der Waals surface area contributed by atoms with E-state index in [1.54, 1.807) is 4.57 Å². The fourth-order valence-electron chi connectivity index (χ4n) is 4.14. The largest absolute Gasteiger partial charge is 0.363 e. The Morgan fingerprint density at radius 2 is 2.00 bits per heavy atom. The summed E-state index contributed by atoms with van der Waals surface area (Å²) in [7, 11) is 0. The smallest absolute Gasteiger partial charge is 0.309 e. The van der Waals surface area contributed by atoms with Crippen molar-refractivity contribution < 1.29 is 9.41 Å². The van der Waals surface area contributed by atoms with E-state index in [2.05, 4.69) is 32.5 Å². The molecule has 1 saturated heterocycles. The van der Waals surface area contributed by atoms with Gasteiger partial charge in [0.1, 0.15) is 12.6 Å². The van der Waals surface area contributed by atoms with Crippen LogP contribution in [0.2, 0.25) is 0 Å². The van der Waals surface area contributed by atoms with E-state index in [0.29, 0.717) is 12.4 Å². The van der Waals surface area contributed by atoms with Crippen molar-refractivity contribution in [2.75, 3.05) is 31.5 Å². The van der Waals surface area contributed by atoms with Crippen LogP contribution in [0.15, 0.2) is 16.9 Å². The Morgan fingerprint density at radius 3 is 2.58 bits per heavy atom. The zero-order chi connectivity index (χ0) is 17.5. The fourth-order valence-corrected chi connectivity index (χ4v) is 4.14. The number of quaternary nitrogens is 1. The maximum Gasteiger partial charge on any atom is 0.309 e. The number of hydrogen-bond donors (Lipinski definition) is 1. The molecule has 0 amide bonds. The van der Waals surface area contributed by atoms with Crippen molar-refractivity contribution >= 4 is 11.5 Å². The Balaban J connectivity index is 1.98. The van der Waals surface area contributed by atoms with Gasteiger partial charge in [0.05, 0.1) is 23.6 Å². The normalized spacial score (nSPS) is 22.7. The third-order valence-electron chi connectivity index (χ3n) is 5.68. The molecule has 0 aliphatic carbocycles. The zero-order valence-corrected chi connectivity index (χ0v) is 14.6. The van der Waals surface area contributed by atoms with Crippen LogP contribution < -0.4 is 10.9 Å². The number of likely N-dealkylation sites (tertiary alicyclic amines) is 1. The Morgan fingerprint density at radius 1 is 1.33 bits per heavy atom. The molecule has 1 aromatic heterocycles. The molecule has 131 valence electrons. The first-order valence-corrected chi connectivity index (χ1v) is 8.57. The Hall–Kier alpha value is -1.89. The van der Waals surface area contributed by atoms with Crippen LogP contribution in [0.4, 0.5) is 11.5 Å². The second kappa shape index (κ2) is 5.88. The average Bonchev–Trinajstić information content (AvgIpc) is 2.91. The predicted molar refractivity (Wildman–Crippen MR) is 93.0 cm³/mol. The lowest BCUT2D eigenvalue weighted by molar-refractivity contribution is -0.974. The Bertz CT molecular complexity index is 699. The molecule has 2 aliphatic heterocycles. The molecule has 1 N–H and O–H groups in total. The molecule has 3 rings (SSSR count). The third-order valence-corrected chi connectivity index (χ3v) is 5.68. The first-order valence-electron chi connectivity index (χ1n) is 8.57. The van der Waals surface area contributed by atoms with Crippen molar-refractivity contribution in [3.63, 3.8) is 0 Å². The molecule has 1 fully saturated rings. The highest BCUT2D eigenvalue weighted by Gasteiger charge is 2.45. The summed E-state index contributed by atoms with van der Waals surface area (Å²) >= 11 is 0. The molecule has 1 radical (unpaired) electrons. The number of aromatic nitrogens is 1. The summed E-state index contributed by atoms with van der Waals surface area (Å²) in [5.74, 6) is 0.355. The van der Waals surface area contributed by atoms with Gasteiger partial charge in [-0.1, -0.05) is 0 Å². The Kier molecular flexibility index (Phi) is 4.15. The molecular weight excluding hydrogens is 308 g/mol. The molecule has 0 aromatic carbocycles. The van der Waals surface area contributed by atoms with Gasteiger partial charge in [-0.15, -0.1) is 0 Å². The number of fused-ring (bicyclic) bond motifs is 1. The highest BCUT2D eigenvalue weighted by Crippen LogP contribution is 2.36. The van der Waals surface area contributed by atoms with Crippen molar-refractivity contribution in [3.8, 4) is 0 Å². The SMILES string of the molecule is CC(C)(C)[N+]1(CC2CNc3c([N+](=O)[O-])ccc(=O)n32)CC[CH]CC1. The summed E-state index contributed by atoms with van der Waals surface area (Å²) in [6.45, 7) is 10.2. The summed E-state index contributed by atoms with van der Waals surface area (Å²) in [4.78, 5) is 23.2. The standard InChI is InChI=1S/C17H25N4O3/c1-17(2,3)21(9-5-4-6-10-21)12-13-11-18-16-14(20(23)24)7-8-15(22)19(13)16/h4,7-8,13H,5-6,9-12H2,1-3H3/p+1. The van der Waals surface area contributed by atoms with Gasteiger partial charge in [-0.25, -0.2) is 0 Å². The summed E-state index contributed by atoms with van der Waals surface area (Å²) in [6.07, 6.45) is 4.49. The van der Waals surface area contributed by atoms with Crippen LogP contribution in [0.25, 0.3) is 0 Å². The van der Waals surface area contributed by atoms with E-state index < -0.39 is 4.92 Å². The number of hydrogen-bond acceptors (Lipinski definition) is 4. The first-order chi connectivity index (χ1) is 11.3. The fraction of sp³-hybridized carbons (Fsp3) is 0.647. The van der Waals surface area contributed by atoms with Crippen LogP contribution in [0.1, 0.15) is 39.7 Å². The van der Waals surface area contributed by atoms with Crippen molar-refractivity contribution in [1.82, 2.24) is 4.57 Å². The molecule has 7 heteroatoms. The molecule has 7 nitrogen and oxygen atoms in total. The van der Waals surface area contributed by atoms with Gasteiger partial charge in [0.2, 0.25) is 0 Å². The van der Waals surface area contributed by atoms with Gasteiger partial charge in [0.15, 0.2) is 5.82 Å². The van der Waals surface area contributed by atoms with Gasteiger partial charge in [0.25, 0.3) is 5.56 Å². The second-order valence-electron chi connectivity index (χ2n) is 7.88. The monoisotopic (exact) mass is 334 g/mol. The minimum Gasteiger partial charge on any atom is -0.363 e. The van der Waals surface area contributed by atoms with Crippen LogP contribution in [0, 0.1) is 16.5 Å². The molecule has 1 atom stereocenters. The Labute approximate surface area is 142 Å². The summed E-state index contributed by atoms with van der Waals surface area (Å²) in [5, 5.41) is 14.3. The van der Waals surface area contributed by atoms with Crippen molar-refractivity contribution in [1.29, 1.82) is 0 Å². The first kappa shape index (κ1) is 17.0. The molecule has 0 saturated carbocycles. The molecule has 1 unspecified atom stereocenters. The van der Waals surface area contributed by atoms with Crippen LogP contribution in [0.5, 0.6) is 0 Å².